The molecule has 0 amide bonds. The lowest BCUT2D eigenvalue weighted by Gasteiger charge is -2.31. The molecule has 1 atom stereocenters. The highest BCUT2D eigenvalue weighted by Gasteiger charge is 2.33. The van der Waals surface area contributed by atoms with E-state index < -0.39 is 10.2 Å². The van der Waals surface area contributed by atoms with Crippen molar-refractivity contribution >= 4 is 10.2 Å². The van der Waals surface area contributed by atoms with Crippen molar-refractivity contribution in [3.05, 3.63) is 0 Å². The molecule has 2 aliphatic rings. The minimum absolute atomic E-state index is 0.146. The van der Waals surface area contributed by atoms with Crippen molar-refractivity contribution in [3.63, 3.8) is 0 Å². The highest BCUT2D eigenvalue weighted by molar-refractivity contribution is 7.87. The lowest BCUT2D eigenvalue weighted by molar-refractivity contribution is 0.0246. The lowest BCUT2D eigenvalue weighted by atomic mass is 10.00. The molecule has 0 saturated carbocycles. The number of ether oxygens (including phenoxy) is 1. The molecule has 1 unspecified atom stereocenters. The van der Waals surface area contributed by atoms with Crippen LogP contribution in [0.1, 0.15) is 32.6 Å². The molecule has 112 valence electrons. The topological polar surface area (TPSA) is 78.9 Å². The first-order valence-corrected chi connectivity index (χ1v) is 8.39. The van der Waals surface area contributed by atoms with Crippen molar-refractivity contribution < 1.29 is 18.3 Å². The van der Waals surface area contributed by atoms with Crippen molar-refractivity contribution in [2.45, 2.75) is 38.2 Å². The highest BCUT2D eigenvalue weighted by Crippen LogP contribution is 2.25. The number of rotatable bonds is 5. The van der Waals surface area contributed by atoms with Gasteiger partial charge >= 0.3 is 0 Å². The Morgan fingerprint density at radius 3 is 2.63 bits per heavy atom. The molecule has 7 heteroatoms. The van der Waals surface area contributed by atoms with Gasteiger partial charge in [-0.1, -0.05) is 0 Å². The van der Waals surface area contributed by atoms with E-state index in [0.29, 0.717) is 26.2 Å². The molecular formula is C12H24N2O4S. The van der Waals surface area contributed by atoms with E-state index in [0.717, 1.165) is 25.7 Å². The number of aliphatic hydroxyl groups is 1. The third kappa shape index (κ3) is 3.88. The van der Waals surface area contributed by atoms with E-state index in [2.05, 4.69) is 4.72 Å². The van der Waals surface area contributed by atoms with Crippen LogP contribution in [0.15, 0.2) is 0 Å². The maximum absolute atomic E-state index is 12.2. The number of nitrogens with one attached hydrogen (secondary N) is 1. The number of aliphatic hydroxyl groups excluding tert-OH is 1. The maximum Gasteiger partial charge on any atom is 0.279 e. The van der Waals surface area contributed by atoms with Crippen molar-refractivity contribution in [1.82, 2.24) is 9.03 Å². The quantitative estimate of drug-likeness (QED) is 0.753. The molecule has 2 heterocycles. The van der Waals surface area contributed by atoms with Gasteiger partial charge in [0.15, 0.2) is 0 Å². The Labute approximate surface area is 115 Å². The Morgan fingerprint density at radius 1 is 1.42 bits per heavy atom. The van der Waals surface area contributed by atoms with Crippen LogP contribution in [-0.4, -0.2) is 56.3 Å². The van der Waals surface area contributed by atoms with Crippen LogP contribution in [0.3, 0.4) is 0 Å². The molecule has 0 aliphatic carbocycles. The van der Waals surface area contributed by atoms with Gasteiger partial charge in [-0.15, -0.1) is 0 Å². The van der Waals surface area contributed by atoms with Gasteiger partial charge in [-0.05, 0) is 38.5 Å². The summed E-state index contributed by atoms with van der Waals surface area (Å²) in [6, 6.07) is 0. The third-order valence-corrected chi connectivity index (χ3v) is 5.65. The van der Waals surface area contributed by atoms with E-state index in [9.17, 15) is 8.42 Å². The van der Waals surface area contributed by atoms with Crippen molar-refractivity contribution in [3.8, 4) is 0 Å². The maximum atomic E-state index is 12.2. The summed E-state index contributed by atoms with van der Waals surface area (Å²) >= 11 is 0. The second-order valence-corrected chi connectivity index (χ2v) is 7.51. The van der Waals surface area contributed by atoms with Crippen LogP contribution < -0.4 is 4.72 Å². The number of piperidine rings is 1. The van der Waals surface area contributed by atoms with Crippen molar-refractivity contribution in [2.24, 2.45) is 5.92 Å². The van der Waals surface area contributed by atoms with Crippen molar-refractivity contribution in [1.29, 1.82) is 0 Å². The van der Waals surface area contributed by atoms with Gasteiger partial charge in [0.25, 0.3) is 10.2 Å². The fourth-order valence-corrected chi connectivity index (χ4v) is 4.01. The van der Waals surface area contributed by atoms with E-state index in [4.69, 9.17) is 9.84 Å². The molecule has 0 aromatic rings. The van der Waals surface area contributed by atoms with Crippen molar-refractivity contribution in [2.75, 3.05) is 32.8 Å². The van der Waals surface area contributed by atoms with Gasteiger partial charge in [-0.2, -0.15) is 17.4 Å². The first-order chi connectivity index (χ1) is 8.95. The molecule has 0 aromatic carbocycles. The molecule has 0 bridgehead atoms. The summed E-state index contributed by atoms with van der Waals surface area (Å²) < 4.78 is 34.1. The van der Waals surface area contributed by atoms with Crippen LogP contribution in [0.5, 0.6) is 0 Å². The van der Waals surface area contributed by atoms with Crippen LogP contribution >= 0.6 is 0 Å². The van der Waals surface area contributed by atoms with Crippen LogP contribution in [0, 0.1) is 5.92 Å². The lowest BCUT2D eigenvalue weighted by Crippen LogP contribution is -2.49. The fraction of sp³-hybridized carbons (Fsp3) is 1.00. The Morgan fingerprint density at radius 2 is 2.11 bits per heavy atom. The molecule has 2 rings (SSSR count). The van der Waals surface area contributed by atoms with Crippen LogP contribution in [0.2, 0.25) is 0 Å². The minimum atomic E-state index is -3.42. The summed E-state index contributed by atoms with van der Waals surface area (Å²) in [5.41, 5.74) is -0.365. The molecule has 2 N–H and O–H groups in total. The first kappa shape index (κ1) is 15.2. The zero-order valence-corrected chi connectivity index (χ0v) is 12.3. The van der Waals surface area contributed by atoms with E-state index in [1.54, 1.807) is 0 Å². The van der Waals surface area contributed by atoms with E-state index >= 15 is 0 Å². The second-order valence-electron chi connectivity index (χ2n) is 5.75. The summed E-state index contributed by atoms with van der Waals surface area (Å²) in [5, 5.41) is 9.06. The van der Waals surface area contributed by atoms with Crippen LogP contribution in [0.4, 0.5) is 0 Å². The van der Waals surface area contributed by atoms with Crippen LogP contribution in [-0.2, 0) is 14.9 Å². The molecular weight excluding hydrogens is 268 g/mol. The summed E-state index contributed by atoms with van der Waals surface area (Å²) in [6.07, 6.45) is 3.33. The summed E-state index contributed by atoms with van der Waals surface area (Å²) in [4.78, 5) is 0. The largest absolute Gasteiger partial charge is 0.396 e. The van der Waals surface area contributed by atoms with Gasteiger partial charge in [-0.25, -0.2) is 0 Å². The minimum Gasteiger partial charge on any atom is -0.396 e. The predicted octanol–water partition coefficient (Wildman–Crippen LogP) is 0.0942. The van der Waals surface area contributed by atoms with Gasteiger partial charge < -0.3 is 9.84 Å². The highest BCUT2D eigenvalue weighted by atomic mass is 32.2. The first-order valence-electron chi connectivity index (χ1n) is 6.95. The normalized spacial score (nSPS) is 30.8. The monoisotopic (exact) mass is 292 g/mol. The van der Waals surface area contributed by atoms with Crippen LogP contribution in [0.25, 0.3) is 0 Å². The Kier molecular flexibility index (Phi) is 4.84. The van der Waals surface area contributed by atoms with Gasteiger partial charge in [0.05, 0.1) is 5.60 Å². The zero-order chi connectivity index (χ0) is 13.9. The number of hydrogen-bond acceptors (Lipinski definition) is 4. The van der Waals surface area contributed by atoms with E-state index in [1.807, 2.05) is 6.92 Å². The van der Waals surface area contributed by atoms with Gasteiger partial charge in [0.2, 0.25) is 0 Å². The average molecular weight is 292 g/mol. The zero-order valence-electron chi connectivity index (χ0n) is 11.5. The standard InChI is InChI=1S/C12H24N2O4S/c1-12(5-2-8-18-12)10-13-19(16,17)14-6-3-11(9-15)4-7-14/h11,13,15H,2-10H2,1H3. The summed E-state index contributed by atoms with van der Waals surface area (Å²) in [5.74, 6) is 0.238. The predicted molar refractivity (Wildman–Crippen MR) is 71.9 cm³/mol. The fourth-order valence-electron chi connectivity index (χ4n) is 2.64. The Balaban J connectivity index is 1.85. The van der Waals surface area contributed by atoms with Gasteiger partial charge in [0.1, 0.15) is 0 Å². The number of hydrogen-bond donors (Lipinski definition) is 2. The number of nitrogens with zero attached hydrogens (tertiary/aromatic N) is 1. The molecule has 6 nitrogen and oxygen atoms in total. The second kappa shape index (κ2) is 6.05. The third-order valence-electron chi connectivity index (χ3n) is 4.10. The molecule has 0 radical (unpaired) electrons. The van der Waals surface area contributed by atoms with E-state index in [1.165, 1.54) is 4.31 Å². The molecule has 0 aromatic heterocycles. The molecule has 19 heavy (non-hydrogen) atoms. The Hall–Kier alpha value is -0.210. The molecule has 2 aliphatic heterocycles. The summed E-state index contributed by atoms with van der Waals surface area (Å²) in [6.45, 7) is 4.10. The molecule has 0 spiro atoms. The Bertz CT molecular complexity index is 385. The van der Waals surface area contributed by atoms with E-state index in [-0.39, 0.29) is 18.1 Å². The smallest absolute Gasteiger partial charge is 0.279 e. The summed E-state index contributed by atoms with van der Waals surface area (Å²) in [7, 11) is -3.42. The average Bonchev–Trinajstić information content (AvgIpc) is 2.84. The van der Waals surface area contributed by atoms with Gasteiger partial charge in [0, 0.05) is 32.8 Å². The molecule has 2 saturated heterocycles. The molecule has 2 fully saturated rings. The van der Waals surface area contributed by atoms with Gasteiger partial charge in [-0.3, -0.25) is 0 Å². The SMILES string of the molecule is CC1(CNS(=O)(=O)N2CCC(CO)CC2)CCCO1.